The number of aromatic nitrogens is 2. The second-order valence-electron chi connectivity index (χ2n) is 6.24. The van der Waals surface area contributed by atoms with Gasteiger partial charge in [-0.05, 0) is 11.6 Å². The molecule has 0 unspecified atom stereocenters. The van der Waals surface area contributed by atoms with E-state index in [-0.39, 0.29) is 5.41 Å². The molecule has 0 aliphatic heterocycles. The molecule has 0 atom stereocenters. The molecule has 0 fully saturated rings. The molecular formula is C16H25N3OS. The Morgan fingerprint density at radius 1 is 1.38 bits per heavy atom. The summed E-state index contributed by atoms with van der Waals surface area (Å²) in [5, 5.41) is 6.69. The molecule has 1 N–H and O–H groups in total. The average molecular weight is 307 g/mol. The summed E-state index contributed by atoms with van der Waals surface area (Å²) in [4.78, 5) is 4.74. The van der Waals surface area contributed by atoms with Gasteiger partial charge in [0, 0.05) is 43.4 Å². The minimum absolute atomic E-state index is 0.127. The van der Waals surface area contributed by atoms with Crippen LogP contribution >= 0.6 is 11.3 Å². The van der Waals surface area contributed by atoms with Crippen molar-refractivity contribution in [2.75, 3.05) is 20.3 Å². The lowest BCUT2D eigenvalue weighted by Crippen LogP contribution is -2.18. The van der Waals surface area contributed by atoms with E-state index in [9.17, 15) is 0 Å². The molecule has 0 saturated heterocycles. The van der Waals surface area contributed by atoms with Crippen LogP contribution in [0.1, 0.15) is 37.0 Å². The van der Waals surface area contributed by atoms with Crippen molar-refractivity contribution in [2.45, 2.75) is 39.3 Å². The number of thiazole rings is 1. The molecule has 0 bridgehead atoms. The third kappa shape index (κ3) is 4.95. The summed E-state index contributed by atoms with van der Waals surface area (Å²) in [7, 11) is 1.72. The summed E-state index contributed by atoms with van der Waals surface area (Å²) in [5.74, 6) is 0. The van der Waals surface area contributed by atoms with Gasteiger partial charge in [0.2, 0.25) is 0 Å². The lowest BCUT2D eigenvalue weighted by atomic mass is 9.93. The first-order valence-corrected chi connectivity index (χ1v) is 8.16. The van der Waals surface area contributed by atoms with E-state index in [2.05, 4.69) is 54.5 Å². The average Bonchev–Trinajstić information content (AvgIpc) is 3.04. The zero-order valence-corrected chi connectivity index (χ0v) is 14.2. The van der Waals surface area contributed by atoms with Crippen LogP contribution in [0.2, 0.25) is 0 Å². The van der Waals surface area contributed by atoms with Crippen LogP contribution in [0.5, 0.6) is 0 Å². The van der Waals surface area contributed by atoms with Gasteiger partial charge in [-0.3, -0.25) is 0 Å². The maximum Gasteiger partial charge on any atom is 0.113 e. The summed E-state index contributed by atoms with van der Waals surface area (Å²) < 4.78 is 7.21. The van der Waals surface area contributed by atoms with E-state index in [0.717, 1.165) is 31.2 Å². The predicted octanol–water partition coefficient (Wildman–Crippen LogP) is 3.03. The van der Waals surface area contributed by atoms with Crippen LogP contribution in [-0.2, 0) is 23.2 Å². The lowest BCUT2D eigenvalue weighted by Gasteiger charge is -2.14. The van der Waals surface area contributed by atoms with Gasteiger partial charge >= 0.3 is 0 Å². The molecule has 116 valence electrons. The highest BCUT2D eigenvalue weighted by Gasteiger charge is 2.17. The van der Waals surface area contributed by atoms with Crippen LogP contribution in [0, 0.1) is 0 Å². The van der Waals surface area contributed by atoms with Crippen LogP contribution in [-0.4, -0.2) is 29.8 Å². The van der Waals surface area contributed by atoms with Crippen LogP contribution in [0.15, 0.2) is 23.8 Å². The van der Waals surface area contributed by atoms with Gasteiger partial charge in [-0.15, -0.1) is 11.3 Å². The normalized spacial score (nSPS) is 12.0. The Morgan fingerprint density at radius 2 is 2.19 bits per heavy atom. The maximum absolute atomic E-state index is 5.02. The molecule has 5 heteroatoms. The lowest BCUT2D eigenvalue weighted by molar-refractivity contribution is 0.199. The Labute approximate surface area is 131 Å². The van der Waals surface area contributed by atoms with Gasteiger partial charge < -0.3 is 14.6 Å². The van der Waals surface area contributed by atoms with Crippen LogP contribution in [0.25, 0.3) is 0 Å². The highest BCUT2D eigenvalue weighted by molar-refractivity contribution is 7.09. The summed E-state index contributed by atoms with van der Waals surface area (Å²) >= 11 is 1.74. The van der Waals surface area contributed by atoms with E-state index in [1.54, 1.807) is 18.4 Å². The molecular weight excluding hydrogens is 282 g/mol. The van der Waals surface area contributed by atoms with Crippen molar-refractivity contribution in [1.82, 2.24) is 14.9 Å². The quantitative estimate of drug-likeness (QED) is 0.799. The van der Waals surface area contributed by atoms with Gasteiger partial charge in [0.25, 0.3) is 0 Å². The Balaban J connectivity index is 1.89. The van der Waals surface area contributed by atoms with Crippen molar-refractivity contribution in [2.24, 2.45) is 0 Å². The molecule has 0 aliphatic rings. The maximum atomic E-state index is 5.02. The van der Waals surface area contributed by atoms with Gasteiger partial charge in [0.15, 0.2) is 0 Å². The number of methoxy groups -OCH3 is 1. The molecule has 0 radical (unpaired) electrons. The molecule has 0 amide bonds. The van der Waals surface area contributed by atoms with E-state index in [4.69, 9.17) is 9.72 Å². The summed E-state index contributed by atoms with van der Waals surface area (Å²) in [5.41, 5.74) is 2.59. The zero-order chi connectivity index (χ0) is 15.3. The predicted molar refractivity (Wildman–Crippen MR) is 87.9 cm³/mol. The number of nitrogens with one attached hydrogen (secondary N) is 1. The van der Waals surface area contributed by atoms with Gasteiger partial charge in [-0.2, -0.15) is 0 Å². The standard InChI is InChI=1S/C16H25N3OS/c1-16(2,3)14-12-21-15(18-14)11-19-7-5-13(10-19)9-17-6-8-20-4/h5,7,10,12,17H,6,8-9,11H2,1-4H3. The summed E-state index contributed by atoms with van der Waals surface area (Å²) in [6.07, 6.45) is 4.30. The van der Waals surface area contributed by atoms with Crippen LogP contribution in [0.3, 0.4) is 0 Å². The second kappa shape index (κ2) is 7.20. The van der Waals surface area contributed by atoms with E-state index in [1.165, 1.54) is 11.3 Å². The van der Waals surface area contributed by atoms with Crippen LogP contribution in [0.4, 0.5) is 0 Å². The molecule has 2 rings (SSSR count). The van der Waals surface area contributed by atoms with Crippen molar-refractivity contribution in [3.63, 3.8) is 0 Å². The Morgan fingerprint density at radius 3 is 2.86 bits per heavy atom. The molecule has 2 aromatic heterocycles. The number of ether oxygens (including phenoxy) is 1. The molecule has 0 spiro atoms. The number of rotatable bonds is 7. The Kier molecular flexibility index (Phi) is 5.56. The number of hydrogen-bond acceptors (Lipinski definition) is 4. The molecule has 4 nitrogen and oxygen atoms in total. The van der Waals surface area contributed by atoms with Crippen molar-refractivity contribution in [1.29, 1.82) is 0 Å². The first-order valence-electron chi connectivity index (χ1n) is 7.28. The highest BCUT2D eigenvalue weighted by atomic mass is 32.1. The molecule has 2 heterocycles. The first-order chi connectivity index (χ1) is 9.99. The third-order valence-electron chi connectivity index (χ3n) is 3.26. The zero-order valence-electron chi connectivity index (χ0n) is 13.3. The van der Waals surface area contributed by atoms with Gasteiger partial charge in [0.1, 0.15) is 5.01 Å². The topological polar surface area (TPSA) is 39.1 Å². The molecule has 0 aliphatic carbocycles. The van der Waals surface area contributed by atoms with Gasteiger partial charge in [-0.1, -0.05) is 20.8 Å². The van der Waals surface area contributed by atoms with Crippen molar-refractivity contribution < 1.29 is 4.74 Å². The van der Waals surface area contributed by atoms with Crippen LogP contribution < -0.4 is 5.32 Å². The Bertz CT molecular complexity index is 554. The summed E-state index contributed by atoms with van der Waals surface area (Å²) in [6.45, 7) is 9.95. The monoisotopic (exact) mass is 307 g/mol. The smallest absolute Gasteiger partial charge is 0.113 e. The highest BCUT2D eigenvalue weighted by Crippen LogP contribution is 2.24. The second-order valence-corrected chi connectivity index (χ2v) is 7.18. The molecule has 0 saturated carbocycles. The van der Waals surface area contributed by atoms with Crippen molar-refractivity contribution in [3.05, 3.63) is 40.1 Å². The van der Waals surface area contributed by atoms with E-state index in [1.807, 2.05) is 0 Å². The largest absolute Gasteiger partial charge is 0.383 e. The van der Waals surface area contributed by atoms with E-state index >= 15 is 0 Å². The van der Waals surface area contributed by atoms with E-state index in [0.29, 0.717) is 0 Å². The fraction of sp³-hybridized carbons (Fsp3) is 0.562. The molecule has 0 aromatic carbocycles. The third-order valence-corrected chi connectivity index (χ3v) is 4.10. The van der Waals surface area contributed by atoms with Gasteiger partial charge in [0.05, 0.1) is 18.8 Å². The SMILES string of the molecule is COCCNCc1ccn(Cc2nc(C(C)(C)C)cs2)c1. The minimum atomic E-state index is 0.127. The van der Waals surface area contributed by atoms with E-state index < -0.39 is 0 Å². The Hall–Kier alpha value is -1.17. The van der Waals surface area contributed by atoms with Crippen molar-refractivity contribution in [3.8, 4) is 0 Å². The number of hydrogen-bond donors (Lipinski definition) is 1. The van der Waals surface area contributed by atoms with Gasteiger partial charge in [-0.25, -0.2) is 4.98 Å². The fourth-order valence-corrected chi connectivity index (χ4v) is 3.01. The summed E-state index contributed by atoms with van der Waals surface area (Å²) in [6, 6.07) is 2.15. The first kappa shape index (κ1) is 16.2. The van der Waals surface area contributed by atoms with Crippen molar-refractivity contribution >= 4 is 11.3 Å². The fourth-order valence-electron chi connectivity index (χ4n) is 1.98. The number of nitrogens with zero attached hydrogens (tertiary/aromatic N) is 2. The molecule has 2 aromatic rings. The minimum Gasteiger partial charge on any atom is -0.383 e. The molecule has 21 heavy (non-hydrogen) atoms.